The molecule has 102 valence electrons. The molecule has 1 rings (SSSR count). The lowest BCUT2D eigenvalue weighted by Crippen LogP contribution is -2.34. The van der Waals surface area contributed by atoms with Crippen molar-refractivity contribution in [3.8, 4) is 6.07 Å². The first kappa shape index (κ1) is 15.2. The number of rotatable bonds is 7. The van der Waals surface area contributed by atoms with E-state index in [0.717, 1.165) is 19.3 Å². The fraction of sp³-hybridized carbons (Fsp3) is 0.467. The molecule has 0 spiro atoms. The van der Waals surface area contributed by atoms with Gasteiger partial charge >= 0.3 is 0 Å². The molecular formula is C15H20N2O2. The van der Waals surface area contributed by atoms with E-state index < -0.39 is 0 Å². The number of carbonyl (C=O) groups excluding carboxylic acids is 1. The summed E-state index contributed by atoms with van der Waals surface area (Å²) in [6.45, 7) is 3.04. The molecule has 1 amide bonds. The highest BCUT2D eigenvalue weighted by molar-refractivity contribution is 5.94. The second kappa shape index (κ2) is 8.28. The van der Waals surface area contributed by atoms with Crippen LogP contribution in [0.1, 0.15) is 42.1 Å². The highest BCUT2D eigenvalue weighted by Crippen LogP contribution is 2.09. The number of amides is 1. The molecule has 0 atom stereocenters. The smallest absolute Gasteiger partial charge is 0.253 e. The van der Waals surface area contributed by atoms with E-state index in [4.69, 9.17) is 10.4 Å². The molecule has 1 aromatic rings. The van der Waals surface area contributed by atoms with Crippen molar-refractivity contribution in [2.24, 2.45) is 0 Å². The third kappa shape index (κ3) is 4.72. The van der Waals surface area contributed by atoms with Crippen molar-refractivity contribution < 1.29 is 9.90 Å². The Hall–Kier alpha value is -1.86. The van der Waals surface area contributed by atoms with Crippen molar-refractivity contribution in [3.63, 3.8) is 0 Å². The molecule has 0 aliphatic rings. The Bertz CT molecular complexity index is 452. The average molecular weight is 260 g/mol. The Balaban J connectivity index is 2.77. The molecule has 0 unspecified atom stereocenters. The van der Waals surface area contributed by atoms with Gasteiger partial charge in [0.05, 0.1) is 18.2 Å². The Labute approximate surface area is 114 Å². The molecule has 1 aromatic carbocycles. The summed E-state index contributed by atoms with van der Waals surface area (Å²) in [5.74, 6) is -0.123. The number of carbonyl (C=O) groups is 1. The van der Waals surface area contributed by atoms with Crippen LogP contribution < -0.4 is 0 Å². The molecule has 0 radical (unpaired) electrons. The van der Waals surface area contributed by atoms with Crippen molar-refractivity contribution in [1.82, 2.24) is 4.90 Å². The topological polar surface area (TPSA) is 64.3 Å². The van der Waals surface area contributed by atoms with Gasteiger partial charge in [-0.2, -0.15) is 5.26 Å². The standard InChI is InChI=1S/C15H20N2O2/c1-2-3-4-8-17(9-10-18)15(19)14-7-5-6-13(11-14)12-16/h5-7,11,18H,2-4,8-10H2,1H3. The van der Waals surface area contributed by atoms with E-state index in [9.17, 15) is 4.79 Å². The summed E-state index contributed by atoms with van der Waals surface area (Å²) >= 11 is 0. The van der Waals surface area contributed by atoms with Gasteiger partial charge < -0.3 is 10.0 Å². The normalized spacial score (nSPS) is 9.95. The quantitative estimate of drug-likeness (QED) is 0.764. The molecular weight excluding hydrogens is 240 g/mol. The van der Waals surface area contributed by atoms with Crippen molar-refractivity contribution in [2.45, 2.75) is 26.2 Å². The average Bonchev–Trinajstić information content (AvgIpc) is 2.46. The van der Waals surface area contributed by atoms with E-state index in [-0.39, 0.29) is 12.5 Å². The van der Waals surface area contributed by atoms with Gasteiger partial charge in [-0.1, -0.05) is 25.8 Å². The SMILES string of the molecule is CCCCCN(CCO)C(=O)c1cccc(C#N)c1. The number of hydrogen-bond donors (Lipinski definition) is 1. The van der Waals surface area contributed by atoms with E-state index in [1.54, 1.807) is 29.2 Å². The maximum atomic E-state index is 12.3. The number of hydrogen-bond acceptors (Lipinski definition) is 3. The van der Waals surface area contributed by atoms with Crippen LogP contribution in [0.3, 0.4) is 0 Å². The van der Waals surface area contributed by atoms with Crippen molar-refractivity contribution in [3.05, 3.63) is 35.4 Å². The summed E-state index contributed by atoms with van der Waals surface area (Å²) in [5, 5.41) is 17.9. The molecule has 0 aromatic heterocycles. The van der Waals surface area contributed by atoms with Crippen molar-refractivity contribution in [2.75, 3.05) is 19.7 Å². The van der Waals surface area contributed by atoms with Crippen LogP contribution in [0.15, 0.2) is 24.3 Å². The molecule has 0 saturated carbocycles. The summed E-state index contributed by atoms with van der Waals surface area (Å²) in [6, 6.07) is 8.69. The number of aliphatic hydroxyl groups is 1. The van der Waals surface area contributed by atoms with Crippen LogP contribution in [0.4, 0.5) is 0 Å². The molecule has 0 aliphatic heterocycles. The van der Waals surface area contributed by atoms with E-state index in [1.807, 2.05) is 6.07 Å². The fourth-order valence-electron chi connectivity index (χ4n) is 1.89. The first-order valence-electron chi connectivity index (χ1n) is 6.63. The lowest BCUT2D eigenvalue weighted by molar-refractivity contribution is 0.0718. The van der Waals surface area contributed by atoms with Crippen LogP contribution in [0.25, 0.3) is 0 Å². The summed E-state index contributed by atoms with van der Waals surface area (Å²) in [7, 11) is 0. The molecule has 0 fully saturated rings. The van der Waals surface area contributed by atoms with E-state index in [0.29, 0.717) is 24.2 Å². The summed E-state index contributed by atoms with van der Waals surface area (Å²) < 4.78 is 0. The lowest BCUT2D eigenvalue weighted by Gasteiger charge is -2.21. The predicted molar refractivity (Wildman–Crippen MR) is 73.7 cm³/mol. The maximum Gasteiger partial charge on any atom is 0.253 e. The van der Waals surface area contributed by atoms with Crippen LogP contribution in [0, 0.1) is 11.3 Å². The van der Waals surface area contributed by atoms with Crippen LogP contribution in [-0.2, 0) is 0 Å². The minimum Gasteiger partial charge on any atom is -0.395 e. The lowest BCUT2D eigenvalue weighted by atomic mass is 10.1. The largest absolute Gasteiger partial charge is 0.395 e. The minimum absolute atomic E-state index is 0.0458. The minimum atomic E-state index is -0.123. The summed E-state index contributed by atoms with van der Waals surface area (Å²) in [5.41, 5.74) is 0.979. The Morgan fingerprint density at radius 3 is 2.79 bits per heavy atom. The highest BCUT2D eigenvalue weighted by Gasteiger charge is 2.15. The third-order valence-electron chi connectivity index (χ3n) is 2.93. The zero-order chi connectivity index (χ0) is 14.1. The third-order valence-corrected chi connectivity index (χ3v) is 2.93. The van der Waals surface area contributed by atoms with Crippen LogP contribution in [0.2, 0.25) is 0 Å². The maximum absolute atomic E-state index is 12.3. The van der Waals surface area contributed by atoms with Crippen LogP contribution in [-0.4, -0.2) is 35.6 Å². The van der Waals surface area contributed by atoms with E-state index in [2.05, 4.69) is 6.92 Å². The number of benzene rings is 1. The van der Waals surface area contributed by atoms with Crippen molar-refractivity contribution in [1.29, 1.82) is 5.26 Å². The monoisotopic (exact) mass is 260 g/mol. The first-order valence-corrected chi connectivity index (χ1v) is 6.63. The summed E-state index contributed by atoms with van der Waals surface area (Å²) in [6.07, 6.45) is 3.08. The Morgan fingerprint density at radius 2 is 2.16 bits per heavy atom. The second-order valence-electron chi connectivity index (χ2n) is 4.42. The van der Waals surface area contributed by atoms with Gasteiger partial charge in [-0.3, -0.25) is 4.79 Å². The molecule has 4 nitrogen and oxygen atoms in total. The van der Waals surface area contributed by atoms with Gasteiger partial charge in [0.2, 0.25) is 0 Å². The molecule has 0 aliphatic carbocycles. The zero-order valence-electron chi connectivity index (χ0n) is 11.3. The van der Waals surface area contributed by atoms with Gasteiger partial charge in [0.15, 0.2) is 0 Å². The number of aliphatic hydroxyl groups excluding tert-OH is 1. The number of nitrogens with zero attached hydrogens (tertiary/aromatic N) is 2. The van der Waals surface area contributed by atoms with E-state index >= 15 is 0 Å². The molecule has 0 saturated heterocycles. The molecule has 19 heavy (non-hydrogen) atoms. The fourth-order valence-corrected chi connectivity index (χ4v) is 1.89. The molecule has 4 heteroatoms. The zero-order valence-corrected chi connectivity index (χ0v) is 11.3. The van der Waals surface area contributed by atoms with Gasteiger partial charge in [-0.25, -0.2) is 0 Å². The highest BCUT2D eigenvalue weighted by atomic mass is 16.3. The van der Waals surface area contributed by atoms with Gasteiger partial charge in [-0.15, -0.1) is 0 Å². The Kier molecular flexibility index (Phi) is 6.62. The van der Waals surface area contributed by atoms with Gasteiger partial charge in [0, 0.05) is 18.7 Å². The van der Waals surface area contributed by atoms with Gasteiger partial charge in [-0.05, 0) is 24.6 Å². The van der Waals surface area contributed by atoms with Crippen molar-refractivity contribution >= 4 is 5.91 Å². The number of unbranched alkanes of at least 4 members (excludes halogenated alkanes) is 2. The van der Waals surface area contributed by atoms with Gasteiger partial charge in [0.1, 0.15) is 0 Å². The second-order valence-corrected chi connectivity index (χ2v) is 4.42. The van der Waals surface area contributed by atoms with Crippen LogP contribution >= 0.6 is 0 Å². The van der Waals surface area contributed by atoms with Gasteiger partial charge in [0.25, 0.3) is 5.91 Å². The predicted octanol–water partition coefficient (Wildman–Crippen LogP) is 2.18. The molecule has 0 bridgehead atoms. The van der Waals surface area contributed by atoms with E-state index in [1.165, 1.54) is 0 Å². The molecule has 0 heterocycles. The first-order chi connectivity index (χ1) is 9.22. The Morgan fingerprint density at radius 1 is 1.37 bits per heavy atom. The summed E-state index contributed by atoms with van der Waals surface area (Å²) in [4.78, 5) is 13.9. The number of nitriles is 1. The van der Waals surface area contributed by atoms with Crippen LogP contribution in [0.5, 0.6) is 0 Å². The molecule has 1 N–H and O–H groups in total.